The summed E-state index contributed by atoms with van der Waals surface area (Å²) in [6, 6.07) is 15.4. The maximum atomic E-state index is 14.2. The molecule has 3 rings (SSSR count). The van der Waals surface area contributed by atoms with Crippen LogP contribution in [0.2, 0.25) is 0 Å². The summed E-state index contributed by atoms with van der Waals surface area (Å²) < 4.78 is 34.6. The van der Waals surface area contributed by atoms with Crippen LogP contribution in [-0.4, -0.2) is 6.10 Å². The van der Waals surface area contributed by atoms with E-state index in [-0.39, 0.29) is 11.8 Å². The standard InChI is InChI=1S/C22H29FNO2P/c1-16(2)19-14-13-17(3)15-22(19)26-27(25,18-9-5-4-6-10-18)24-21-12-8-7-11-20(21)23/h4-12,16-17,19,22H,13-15H2,1-3H3,(H,24,25)/t17-,19-,22+,27-/m0/s1. The van der Waals surface area contributed by atoms with Crippen LogP contribution >= 0.6 is 7.52 Å². The fraction of sp³-hybridized carbons (Fsp3) is 0.455. The lowest BCUT2D eigenvalue weighted by atomic mass is 9.75. The Kier molecular flexibility index (Phi) is 6.39. The lowest BCUT2D eigenvalue weighted by molar-refractivity contribution is 0.0505. The molecule has 0 amide bonds. The monoisotopic (exact) mass is 389 g/mol. The topological polar surface area (TPSA) is 38.3 Å². The third kappa shape index (κ3) is 4.80. The first-order chi connectivity index (χ1) is 12.9. The minimum atomic E-state index is -3.48. The third-order valence-corrected chi connectivity index (χ3v) is 7.56. The lowest BCUT2D eigenvalue weighted by Crippen LogP contribution is -2.35. The fourth-order valence-electron chi connectivity index (χ4n) is 3.91. The van der Waals surface area contributed by atoms with Crippen molar-refractivity contribution in [1.82, 2.24) is 0 Å². The highest BCUT2D eigenvalue weighted by atomic mass is 31.2. The Morgan fingerprint density at radius 2 is 1.74 bits per heavy atom. The van der Waals surface area contributed by atoms with Crippen LogP contribution in [0.25, 0.3) is 0 Å². The van der Waals surface area contributed by atoms with Crippen molar-refractivity contribution in [1.29, 1.82) is 0 Å². The quantitative estimate of drug-likeness (QED) is 0.595. The molecule has 27 heavy (non-hydrogen) atoms. The molecule has 1 aliphatic rings. The maximum Gasteiger partial charge on any atom is 0.324 e. The molecule has 1 aliphatic carbocycles. The summed E-state index contributed by atoms with van der Waals surface area (Å²) in [4.78, 5) is 0. The molecule has 0 spiro atoms. The number of para-hydroxylation sites is 1. The van der Waals surface area contributed by atoms with Gasteiger partial charge >= 0.3 is 7.52 Å². The minimum absolute atomic E-state index is 0.112. The summed E-state index contributed by atoms with van der Waals surface area (Å²) in [6.07, 6.45) is 2.99. The minimum Gasteiger partial charge on any atom is -0.309 e. The molecule has 146 valence electrons. The van der Waals surface area contributed by atoms with E-state index in [1.54, 1.807) is 30.3 Å². The van der Waals surface area contributed by atoms with Crippen molar-refractivity contribution < 1.29 is 13.5 Å². The maximum absolute atomic E-state index is 14.2. The molecule has 2 aromatic carbocycles. The first-order valence-electron chi connectivity index (χ1n) is 9.76. The smallest absolute Gasteiger partial charge is 0.309 e. The number of rotatable bonds is 6. The van der Waals surface area contributed by atoms with Gasteiger partial charge in [-0.25, -0.2) is 4.39 Å². The number of benzene rings is 2. The summed E-state index contributed by atoms with van der Waals surface area (Å²) in [6.45, 7) is 6.59. The largest absolute Gasteiger partial charge is 0.324 e. The van der Waals surface area contributed by atoms with Gasteiger partial charge in [-0.1, -0.05) is 57.5 Å². The van der Waals surface area contributed by atoms with Crippen LogP contribution in [0, 0.1) is 23.6 Å². The predicted octanol–water partition coefficient (Wildman–Crippen LogP) is 6.23. The van der Waals surface area contributed by atoms with Crippen molar-refractivity contribution in [3.05, 3.63) is 60.4 Å². The van der Waals surface area contributed by atoms with Crippen LogP contribution in [0.5, 0.6) is 0 Å². The SMILES string of the molecule is CC(C)[C@@H]1CC[C@H](C)C[C@H]1O[P@](=O)(Nc1ccccc1F)c1ccccc1. The molecule has 5 heteroatoms. The number of hydrogen-bond acceptors (Lipinski definition) is 2. The molecule has 1 saturated carbocycles. The van der Waals surface area contributed by atoms with E-state index in [1.165, 1.54) is 12.5 Å². The van der Waals surface area contributed by atoms with E-state index in [2.05, 4.69) is 25.9 Å². The summed E-state index contributed by atoms with van der Waals surface area (Å²) >= 11 is 0. The van der Waals surface area contributed by atoms with Crippen LogP contribution in [0.3, 0.4) is 0 Å². The third-order valence-electron chi connectivity index (χ3n) is 5.48. The van der Waals surface area contributed by atoms with E-state index in [0.29, 0.717) is 23.1 Å². The van der Waals surface area contributed by atoms with E-state index in [1.807, 2.05) is 18.2 Å². The number of halogens is 1. The highest BCUT2D eigenvalue weighted by Crippen LogP contribution is 2.51. The van der Waals surface area contributed by atoms with Crippen LogP contribution in [-0.2, 0) is 9.09 Å². The van der Waals surface area contributed by atoms with E-state index in [9.17, 15) is 8.96 Å². The average molecular weight is 389 g/mol. The zero-order chi connectivity index (χ0) is 19.4. The molecule has 0 saturated heterocycles. The van der Waals surface area contributed by atoms with E-state index in [0.717, 1.165) is 12.8 Å². The van der Waals surface area contributed by atoms with Crippen LogP contribution < -0.4 is 10.4 Å². The van der Waals surface area contributed by atoms with Crippen molar-refractivity contribution in [2.45, 2.75) is 46.1 Å². The number of nitrogens with one attached hydrogen (secondary N) is 1. The van der Waals surface area contributed by atoms with Gasteiger partial charge in [-0.3, -0.25) is 4.57 Å². The van der Waals surface area contributed by atoms with Crippen molar-refractivity contribution in [2.24, 2.45) is 17.8 Å². The molecule has 1 fully saturated rings. The molecular weight excluding hydrogens is 360 g/mol. The summed E-state index contributed by atoms with van der Waals surface area (Å²) in [5.74, 6) is 0.887. The molecule has 0 heterocycles. The Morgan fingerprint density at radius 3 is 2.41 bits per heavy atom. The average Bonchev–Trinajstić information content (AvgIpc) is 2.64. The van der Waals surface area contributed by atoms with Gasteiger partial charge in [0, 0.05) is 0 Å². The van der Waals surface area contributed by atoms with Crippen molar-refractivity contribution in [2.75, 3.05) is 5.09 Å². The van der Waals surface area contributed by atoms with Crippen molar-refractivity contribution >= 4 is 18.5 Å². The molecule has 2 aromatic rings. The Labute approximate surface area is 161 Å². The molecule has 0 aliphatic heterocycles. The number of hydrogen-bond donors (Lipinski definition) is 1. The van der Waals surface area contributed by atoms with Crippen molar-refractivity contribution in [3.63, 3.8) is 0 Å². The van der Waals surface area contributed by atoms with Crippen LogP contribution in [0.1, 0.15) is 40.0 Å². The van der Waals surface area contributed by atoms with E-state index < -0.39 is 13.3 Å². The summed E-state index contributed by atoms with van der Waals surface area (Å²) in [7, 11) is -3.48. The molecule has 3 nitrogen and oxygen atoms in total. The van der Waals surface area contributed by atoms with Crippen molar-refractivity contribution in [3.8, 4) is 0 Å². The van der Waals surface area contributed by atoms with Gasteiger partial charge < -0.3 is 9.61 Å². The van der Waals surface area contributed by atoms with Gasteiger partial charge in [0.2, 0.25) is 0 Å². The molecule has 1 N–H and O–H groups in total. The zero-order valence-electron chi connectivity index (χ0n) is 16.3. The Morgan fingerprint density at radius 1 is 1.07 bits per heavy atom. The van der Waals surface area contributed by atoms with Gasteiger partial charge in [-0.05, 0) is 54.9 Å². The lowest BCUT2D eigenvalue weighted by Gasteiger charge is -2.39. The second kappa shape index (κ2) is 8.58. The van der Waals surface area contributed by atoms with Gasteiger partial charge in [-0.2, -0.15) is 0 Å². The van der Waals surface area contributed by atoms with E-state index in [4.69, 9.17) is 4.52 Å². The molecule has 0 aromatic heterocycles. The van der Waals surface area contributed by atoms with Gasteiger partial charge in [0.1, 0.15) is 5.82 Å². The highest BCUT2D eigenvalue weighted by Gasteiger charge is 2.38. The molecule has 4 atom stereocenters. The highest BCUT2D eigenvalue weighted by molar-refractivity contribution is 7.68. The first kappa shape index (κ1) is 20.1. The van der Waals surface area contributed by atoms with Crippen LogP contribution in [0.15, 0.2) is 54.6 Å². The normalized spacial score (nSPS) is 25.1. The summed E-state index contributed by atoms with van der Waals surface area (Å²) in [5.41, 5.74) is 0.203. The molecular formula is C22H29FNO2P. The fourth-order valence-corrected chi connectivity index (χ4v) is 5.90. The second-order valence-electron chi connectivity index (χ2n) is 7.95. The molecule has 0 radical (unpaired) electrons. The number of anilines is 1. The Balaban J connectivity index is 1.95. The summed E-state index contributed by atoms with van der Waals surface area (Å²) in [5, 5.41) is 3.48. The first-order valence-corrected chi connectivity index (χ1v) is 11.4. The van der Waals surface area contributed by atoms with Gasteiger partial charge in [0.25, 0.3) is 0 Å². The molecule has 0 bridgehead atoms. The van der Waals surface area contributed by atoms with Gasteiger partial charge in [0.15, 0.2) is 0 Å². The van der Waals surface area contributed by atoms with E-state index >= 15 is 0 Å². The van der Waals surface area contributed by atoms with Gasteiger partial charge in [-0.15, -0.1) is 0 Å². The Hall–Kier alpha value is -1.64. The zero-order valence-corrected chi connectivity index (χ0v) is 17.2. The predicted molar refractivity (Wildman–Crippen MR) is 110 cm³/mol. The molecule has 0 unspecified atom stereocenters. The Bertz CT molecular complexity index is 796. The second-order valence-corrected chi connectivity index (χ2v) is 10.0. The van der Waals surface area contributed by atoms with Gasteiger partial charge in [0.05, 0.1) is 17.1 Å². The van der Waals surface area contributed by atoms with Crippen LogP contribution in [0.4, 0.5) is 10.1 Å².